The van der Waals surface area contributed by atoms with Gasteiger partial charge in [-0.2, -0.15) is 0 Å². The van der Waals surface area contributed by atoms with E-state index in [2.05, 4.69) is 12.2 Å². The standard InChI is InChI=1S/C21H22N4O2/c1-12-16-11-25(2)9-6-14(16)19(21(26)23-8-7-22)20-18(12)15-10-13(27-3)4-5-17(15)24-20/h4-6,9-11H,7-8,22H2,1-3H3,(H,23,26). The number of aryl methyl sites for hydroxylation is 2. The van der Waals surface area contributed by atoms with Crippen molar-refractivity contribution in [1.82, 2.24) is 14.9 Å². The van der Waals surface area contributed by atoms with E-state index in [9.17, 15) is 4.79 Å². The van der Waals surface area contributed by atoms with Crippen molar-refractivity contribution in [3.05, 3.63) is 47.8 Å². The van der Waals surface area contributed by atoms with Crippen LogP contribution in [0.5, 0.6) is 5.75 Å². The summed E-state index contributed by atoms with van der Waals surface area (Å²) in [5.74, 6) is 0.614. The van der Waals surface area contributed by atoms with Crippen molar-refractivity contribution in [2.75, 3.05) is 20.2 Å². The van der Waals surface area contributed by atoms with Crippen LogP contribution in [0.25, 0.3) is 32.6 Å². The molecule has 0 aliphatic rings. The van der Waals surface area contributed by atoms with E-state index in [1.54, 1.807) is 7.11 Å². The highest BCUT2D eigenvalue weighted by Crippen LogP contribution is 2.37. The van der Waals surface area contributed by atoms with E-state index in [1.165, 1.54) is 0 Å². The molecule has 0 fully saturated rings. The van der Waals surface area contributed by atoms with Crippen molar-refractivity contribution >= 4 is 38.5 Å². The number of fused-ring (bicyclic) bond motifs is 4. The predicted molar refractivity (Wildman–Crippen MR) is 108 cm³/mol. The highest BCUT2D eigenvalue weighted by atomic mass is 16.5. The summed E-state index contributed by atoms with van der Waals surface area (Å²) >= 11 is 0. The van der Waals surface area contributed by atoms with Gasteiger partial charge < -0.3 is 20.4 Å². The Morgan fingerprint density at radius 2 is 2.07 bits per heavy atom. The van der Waals surface area contributed by atoms with Gasteiger partial charge in [-0.3, -0.25) is 4.79 Å². The van der Waals surface area contributed by atoms with Gasteiger partial charge in [-0.05, 0) is 42.1 Å². The number of hydrogen-bond donors (Lipinski definition) is 2. The highest BCUT2D eigenvalue weighted by molar-refractivity contribution is 6.24. The first-order valence-corrected chi connectivity index (χ1v) is 8.89. The van der Waals surface area contributed by atoms with Gasteiger partial charge in [-0.15, -0.1) is 0 Å². The van der Waals surface area contributed by atoms with Gasteiger partial charge in [0.25, 0.3) is 5.91 Å². The molecule has 0 bridgehead atoms. The number of nitrogens with two attached hydrogens (primary N) is 1. The Morgan fingerprint density at radius 1 is 1.26 bits per heavy atom. The van der Waals surface area contributed by atoms with Crippen molar-refractivity contribution in [2.45, 2.75) is 6.92 Å². The van der Waals surface area contributed by atoms with Crippen LogP contribution in [0.1, 0.15) is 15.9 Å². The second-order valence-corrected chi connectivity index (χ2v) is 6.70. The number of amides is 1. The van der Waals surface area contributed by atoms with Gasteiger partial charge in [-0.1, -0.05) is 0 Å². The third-order valence-electron chi connectivity index (χ3n) is 4.98. The largest absolute Gasteiger partial charge is 0.497 e. The highest BCUT2D eigenvalue weighted by Gasteiger charge is 2.21. The van der Waals surface area contributed by atoms with Crippen molar-refractivity contribution in [1.29, 1.82) is 0 Å². The molecular weight excluding hydrogens is 340 g/mol. The van der Waals surface area contributed by atoms with Crippen LogP contribution in [0.4, 0.5) is 0 Å². The second kappa shape index (κ2) is 6.55. The molecule has 2 aromatic heterocycles. The van der Waals surface area contributed by atoms with Crippen LogP contribution in [-0.4, -0.2) is 35.7 Å². The van der Waals surface area contributed by atoms with Crippen LogP contribution in [0.15, 0.2) is 36.7 Å². The van der Waals surface area contributed by atoms with Crippen molar-refractivity contribution in [3.63, 3.8) is 0 Å². The van der Waals surface area contributed by atoms with Crippen LogP contribution >= 0.6 is 0 Å². The number of aromatic nitrogens is 2. The van der Waals surface area contributed by atoms with E-state index in [4.69, 9.17) is 15.5 Å². The summed E-state index contributed by atoms with van der Waals surface area (Å²) in [4.78, 5) is 17.8. The summed E-state index contributed by atoms with van der Waals surface area (Å²) in [7, 11) is 3.62. The predicted octanol–water partition coefficient (Wildman–Crippen LogP) is 2.89. The van der Waals surface area contributed by atoms with E-state index in [0.29, 0.717) is 24.2 Å². The molecule has 0 radical (unpaired) electrons. The maximum Gasteiger partial charge on any atom is 0.254 e. The number of nitrogens with zero attached hydrogens (tertiary/aromatic N) is 2. The topological polar surface area (TPSA) is 82.2 Å². The number of pyridine rings is 1. The minimum atomic E-state index is -0.154. The first-order chi connectivity index (χ1) is 13.0. The van der Waals surface area contributed by atoms with Crippen LogP contribution in [0.2, 0.25) is 0 Å². The van der Waals surface area contributed by atoms with Crippen molar-refractivity contribution in [2.24, 2.45) is 12.8 Å². The minimum Gasteiger partial charge on any atom is -0.497 e. The Morgan fingerprint density at radius 3 is 2.81 bits per heavy atom. The van der Waals surface area contributed by atoms with Gasteiger partial charge in [0.05, 0.1) is 23.7 Å². The van der Waals surface area contributed by atoms with Crippen molar-refractivity contribution < 1.29 is 9.53 Å². The maximum absolute atomic E-state index is 13.0. The van der Waals surface area contributed by atoms with Gasteiger partial charge in [0.1, 0.15) is 5.75 Å². The number of hydrogen-bond acceptors (Lipinski definition) is 4. The molecule has 4 rings (SSSR count). The summed E-state index contributed by atoms with van der Waals surface area (Å²) in [5.41, 5.74) is 8.82. The Kier molecular flexibility index (Phi) is 4.20. The Labute approximate surface area is 156 Å². The number of methoxy groups -OCH3 is 1. The molecule has 4 aromatic rings. The third kappa shape index (κ3) is 2.69. The van der Waals surface area contributed by atoms with Crippen LogP contribution in [0, 0.1) is 6.92 Å². The lowest BCUT2D eigenvalue weighted by atomic mass is 9.95. The molecule has 6 nitrogen and oxygen atoms in total. The molecule has 0 aliphatic carbocycles. The Bertz CT molecular complexity index is 1190. The van der Waals surface area contributed by atoms with Gasteiger partial charge in [0.15, 0.2) is 0 Å². The Balaban J connectivity index is 2.16. The molecule has 0 aliphatic heterocycles. The zero-order chi connectivity index (χ0) is 19.1. The summed E-state index contributed by atoms with van der Waals surface area (Å²) in [6.07, 6.45) is 3.99. The molecule has 3 N–H and O–H groups in total. The van der Waals surface area contributed by atoms with E-state index in [0.717, 1.165) is 38.4 Å². The lowest BCUT2D eigenvalue weighted by molar-refractivity contribution is 0.0958. The molecule has 27 heavy (non-hydrogen) atoms. The summed E-state index contributed by atoms with van der Waals surface area (Å²) in [6, 6.07) is 7.77. The van der Waals surface area contributed by atoms with Crippen molar-refractivity contribution in [3.8, 4) is 5.75 Å². The molecular formula is C21H22N4O2. The average Bonchev–Trinajstić information content (AvgIpc) is 3.05. The molecule has 1 amide bonds. The number of carbonyl (C=O) groups excluding carboxylic acids is 1. The smallest absolute Gasteiger partial charge is 0.254 e. The van der Waals surface area contributed by atoms with Gasteiger partial charge in [0, 0.05) is 48.7 Å². The zero-order valence-electron chi connectivity index (χ0n) is 15.7. The molecule has 0 saturated heterocycles. The normalized spacial score (nSPS) is 11.4. The monoisotopic (exact) mass is 362 g/mol. The van der Waals surface area contributed by atoms with E-state index < -0.39 is 0 Å². The number of carbonyl (C=O) groups is 1. The molecule has 0 atom stereocenters. The zero-order valence-corrected chi connectivity index (χ0v) is 15.7. The number of rotatable bonds is 4. The summed E-state index contributed by atoms with van der Waals surface area (Å²) < 4.78 is 7.38. The van der Waals surface area contributed by atoms with E-state index in [-0.39, 0.29) is 5.91 Å². The lowest BCUT2D eigenvalue weighted by Gasteiger charge is -2.13. The quantitative estimate of drug-likeness (QED) is 0.585. The fraction of sp³-hybridized carbons (Fsp3) is 0.238. The molecule has 2 heterocycles. The number of nitrogens with one attached hydrogen (secondary N) is 1. The molecule has 0 saturated carbocycles. The number of ether oxygens (including phenoxy) is 1. The van der Waals surface area contributed by atoms with Gasteiger partial charge >= 0.3 is 0 Å². The first kappa shape index (κ1) is 17.3. The van der Waals surface area contributed by atoms with Gasteiger partial charge in [-0.25, -0.2) is 4.98 Å². The molecule has 6 heteroatoms. The molecule has 0 unspecified atom stereocenters. The van der Waals surface area contributed by atoms with Gasteiger partial charge in [0.2, 0.25) is 0 Å². The second-order valence-electron chi connectivity index (χ2n) is 6.70. The maximum atomic E-state index is 13.0. The lowest BCUT2D eigenvalue weighted by Crippen LogP contribution is -2.29. The third-order valence-corrected chi connectivity index (χ3v) is 4.98. The minimum absolute atomic E-state index is 0.154. The molecule has 0 spiro atoms. The van der Waals surface area contributed by atoms with Crippen LogP contribution in [-0.2, 0) is 7.05 Å². The summed E-state index contributed by atoms with van der Waals surface area (Å²) in [5, 5.41) is 6.80. The average molecular weight is 362 g/mol. The first-order valence-electron chi connectivity index (χ1n) is 8.89. The van der Waals surface area contributed by atoms with Crippen LogP contribution in [0.3, 0.4) is 0 Å². The van der Waals surface area contributed by atoms with E-state index >= 15 is 0 Å². The SMILES string of the molecule is COc1ccc2nc3c(C(=O)NCCN)c4ccn(C)cc4c(C)c3c2c1. The fourth-order valence-corrected chi connectivity index (χ4v) is 3.69. The molecule has 2 aromatic carbocycles. The van der Waals surface area contributed by atoms with Crippen LogP contribution < -0.4 is 15.8 Å². The summed E-state index contributed by atoms with van der Waals surface area (Å²) in [6.45, 7) is 2.89. The fourth-order valence-electron chi connectivity index (χ4n) is 3.69. The molecule has 138 valence electrons. The number of benzene rings is 2. The van der Waals surface area contributed by atoms with E-state index in [1.807, 2.05) is 48.3 Å². The Hall–Kier alpha value is -3.12.